The van der Waals surface area contributed by atoms with Crippen molar-refractivity contribution >= 4 is 29.3 Å². The summed E-state index contributed by atoms with van der Waals surface area (Å²) in [7, 11) is 0. The minimum absolute atomic E-state index is 0.0696. The van der Waals surface area contributed by atoms with Gasteiger partial charge in [-0.1, -0.05) is 66.7 Å². The molecular weight excluding hydrogens is 716 g/mol. The quantitative estimate of drug-likeness (QED) is 0.0541. The summed E-state index contributed by atoms with van der Waals surface area (Å²) in [4.78, 5) is 24.8. The predicted octanol–water partition coefficient (Wildman–Crippen LogP) is 8.77. The van der Waals surface area contributed by atoms with Crippen LogP contribution in [0.5, 0.6) is 0 Å². The molecule has 0 bridgehead atoms. The van der Waals surface area contributed by atoms with Crippen molar-refractivity contribution in [2.75, 3.05) is 11.1 Å². The maximum absolute atomic E-state index is 14.1. The van der Waals surface area contributed by atoms with Crippen molar-refractivity contribution in [3.8, 4) is 11.1 Å². The van der Waals surface area contributed by atoms with E-state index in [0.29, 0.717) is 23.4 Å². The molecule has 1 aliphatic heterocycles. The molecule has 5 aromatic rings. The van der Waals surface area contributed by atoms with Gasteiger partial charge in [-0.05, 0) is 58.1 Å². The van der Waals surface area contributed by atoms with E-state index in [9.17, 15) is 36.6 Å². The van der Waals surface area contributed by atoms with Crippen LogP contribution in [0, 0.1) is 29.1 Å². The SMILES string of the molecule is CC(=O)Nc1ccc(SC[C@@H]2C[C@H](c3ccc(CO)cc3)O[C@H](c3ccc(-c4cccc(CNC(=O)c5c(F)c(F)c(F)c(F)c5F)c4)cc3)O2)cc1. The summed E-state index contributed by atoms with van der Waals surface area (Å²) in [5.41, 5.74) is 3.72. The van der Waals surface area contributed by atoms with Gasteiger partial charge in [0.2, 0.25) is 11.7 Å². The van der Waals surface area contributed by atoms with Crippen LogP contribution >= 0.6 is 11.8 Å². The van der Waals surface area contributed by atoms with E-state index in [1.54, 1.807) is 30.0 Å². The van der Waals surface area contributed by atoms with E-state index in [0.717, 1.165) is 32.7 Å². The van der Waals surface area contributed by atoms with E-state index in [-0.39, 0.29) is 31.3 Å². The molecule has 1 saturated heterocycles. The fourth-order valence-electron chi connectivity index (χ4n) is 5.82. The average Bonchev–Trinajstić information content (AvgIpc) is 3.18. The highest BCUT2D eigenvalue weighted by atomic mass is 32.2. The Kier molecular flexibility index (Phi) is 11.9. The molecule has 274 valence electrons. The number of nitrogens with one attached hydrogen (secondary N) is 2. The number of anilines is 1. The minimum Gasteiger partial charge on any atom is -0.392 e. The number of thioether (sulfide) groups is 1. The molecule has 0 saturated carbocycles. The Hall–Kier alpha value is -5.08. The van der Waals surface area contributed by atoms with Crippen LogP contribution in [0.3, 0.4) is 0 Å². The van der Waals surface area contributed by atoms with Gasteiger partial charge in [0.15, 0.2) is 29.6 Å². The maximum atomic E-state index is 14.1. The number of carbonyl (C=O) groups is 2. The molecule has 5 aromatic carbocycles. The number of hydrogen-bond acceptors (Lipinski definition) is 6. The van der Waals surface area contributed by atoms with Crippen molar-refractivity contribution in [2.45, 2.75) is 49.9 Å². The number of aliphatic hydroxyl groups is 1. The van der Waals surface area contributed by atoms with Crippen molar-refractivity contribution in [3.63, 3.8) is 0 Å². The molecule has 0 aliphatic carbocycles. The first kappa shape index (κ1) is 37.7. The van der Waals surface area contributed by atoms with Crippen molar-refractivity contribution < 1.29 is 46.1 Å². The molecule has 53 heavy (non-hydrogen) atoms. The Bertz CT molecular complexity index is 2070. The molecule has 3 N–H and O–H groups in total. The molecule has 1 heterocycles. The van der Waals surface area contributed by atoms with Crippen molar-refractivity contribution in [3.05, 3.63) is 154 Å². The third-order valence-corrected chi connectivity index (χ3v) is 9.70. The topological polar surface area (TPSA) is 96.9 Å². The first-order chi connectivity index (χ1) is 25.5. The predicted molar refractivity (Wildman–Crippen MR) is 189 cm³/mol. The summed E-state index contributed by atoms with van der Waals surface area (Å²) in [5, 5.41) is 14.5. The summed E-state index contributed by atoms with van der Waals surface area (Å²) in [6, 6.07) is 29.5. The molecule has 6 rings (SSSR count). The fourth-order valence-corrected chi connectivity index (χ4v) is 6.74. The number of hydrogen-bond donors (Lipinski definition) is 3. The zero-order valence-corrected chi connectivity index (χ0v) is 29.0. The second-order valence-electron chi connectivity index (χ2n) is 12.3. The lowest BCUT2D eigenvalue weighted by Gasteiger charge is -2.36. The molecule has 0 unspecified atom stereocenters. The number of rotatable bonds is 11. The summed E-state index contributed by atoms with van der Waals surface area (Å²) < 4.78 is 81.8. The third-order valence-electron chi connectivity index (χ3n) is 8.56. The molecule has 13 heteroatoms. The van der Waals surface area contributed by atoms with E-state index in [2.05, 4.69) is 10.6 Å². The van der Waals surface area contributed by atoms with Gasteiger partial charge >= 0.3 is 0 Å². The van der Waals surface area contributed by atoms with E-state index in [4.69, 9.17) is 9.47 Å². The number of benzene rings is 5. The van der Waals surface area contributed by atoms with Crippen LogP contribution in [0.1, 0.15) is 58.4 Å². The van der Waals surface area contributed by atoms with E-state index in [1.807, 2.05) is 78.9 Å². The summed E-state index contributed by atoms with van der Waals surface area (Å²) in [6.07, 6.45) is -0.576. The second-order valence-corrected chi connectivity index (χ2v) is 13.4. The first-order valence-electron chi connectivity index (χ1n) is 16.5. The maximum Gasteiger partial charge on any atom is 0.257 e. The molecular formula is C40H33F5N2O5S. The molecule has 2 amide bonds. The lowest BCUT2D eigenvalue weighted by Crippen LogP contribution is -2.31. The van der Waals surface area contributed by atoms with Gasteiger partial charge in [-0.3, -0.25) is 9.59 Å². The van der Waals surface area contributed by atoms with E-state index in [1.165, 1.54) is 6.92 Å². The van der Waals surface area contributed by atoms with Crippen LogP contribution in [0.4, 0.5) is 27.6 Å². The van der Waals surface area contributed by atoms with Crippen LogP contribution in [0.25, 0.3) is 11.1 Å². The molecule has 7 nitrogen and oxygen atoms in total. The van der Waals surface area contributed by atoms with Gasteiger partial charge < -0.3 is 25.2 Å². The minimum atomic E-state index is -2.34. The number of ether oxygens (including phenoxy) is 2. The van der Waals surface area contributed by atoms with Gasteiger partial charge in [-0.25, -0.2) is 22.0 Å². The number of amides is 2. The summed E-state index contributed by atoms with van der Waals surface area (Å²) in [5.74, 6) is -12.1. The highest BCUT2D eigenvalue weighted by Gasteiger charge is 2.33. The highest BCUT2D eigenvalue weighted by Crippen LogP contribution is 2.40. The molecule has 1 aliphatic rings. The molecule has 0 radical (unpaired) electrons. The van der Waals surface area contributed by atoms with Gasteiger partial charge in [0.25, 0.3) is 5.91 Å². The van der Waals surface area contributed by atoms with E-state index >= 15 is 0 Å². The van der Waals surface area contributed by atoms with Crippen LogP contribution < -0.4 is 10.6 Å². The number of carbonyl (C=O) groups excluding carboxylic acids is 2. The van der Waals surface area contributed by atoms with Crippen LogP contribution in [0.2, 0.25) is 0 Å². The lowest BCUT2D eigenvalue weighted by molar-refractivity contribution is -0.245. The van der Waals surface area contributed by atoms with Gasteiger partial charge in [0.1, 0.15) is 5.56 Å². The first-order valence-corrected chi connectivity index (χ1v) is 17.5. The monoisotopic (exact) mass is 748 g/mol. The fraction of sp³-hybridized carbons (Fsp3) is 0.200. The zero-order chi connectivity index (χ0) is 37.6. The Morgan fingerprint density at radius 2 is 1.40 bits per heavy atom. The van der Waals surface area contributed by atoms with Gasteiger partial charge in [0, 0.05) is 41.8 Å². The Morgan fingerprint density at radius 1 is 0.755 bits per heavy atom. The van der Waals surface area contributed by atoms with Crippen molar-refractivity contribution in [1.29, 1.82) is 0 Å². The number of halogens is 5. The van der Waals surface area contributed by atoms with Crippen molar-refractivity contribution in [2.24, 2.45) is 0 Å². The smallest absolute Gasteiger partial charge is 0.257 e. The largest absolute Gasteiger partial charge is 0.392 e. The summed E-state index contributed by atoms with van der Waals surface area (Å²) >= 11 is 1.63. The normalized spacial score (nSPS) is 17.0. The van der Waals surface area contributed by atoms with E-state index < -0.39 is 46.8 Å². The standard InChI is InChI=1S/C40H33F5N2O5S/c1-22(49)47-29-13-15-31(16-14-29)53-21-30-18-32(26-7-5-23(20-48)6-8-26)52-40(51-30)27-11-9-25(10-12-27)28-4-2-3-24(17-28)19-46-39(50)33-34(41)36(43)38(45)37(44)35(33)42/h2-17,30,32,40,48H,18-21H2,1H3,(H,46,50)(H,47,49)/t30-,32+,40+/m0/s1. The van der Waals surface area contributed by atoms with Crippen LogP contribution in [-0.4, -0.2) is 28.8 Å². The Labute approximate surface area is 306 Å². The summed E-state index contributed by atoms with van der Waals surface area (Å²) in [6.45, 7) is 1.14. The van der Waals surface area contributed by atoms with Gasteiger partial charge in [-0.15, -0.1) is 11.8 Å². The number of aliphatic hydroxyl groups excluding tert-OH is 1. The van der Waals surface area contributed by atoms with Crippen molar-refractivity contribution in [1.82, 2.24) is 5.32 Å². The Morgan fingerprint density at radius 3 is 2.04 bits per heavy atom. The van der Waals surface area contributed by atoms with Crippen LogP contribution in [-0.2, 0) is 27.4 Å². The van der Waals surface area contributed by atoms with Gasteiger partial charge in [-0.2, -0.15) is 0 Å². The average molecular weight is 749 g/mol. The lowest BCUT2D eigenvalue weighted by atomic mass is 9.99. The third kappa shape index (κ3) is 8.94. The molecule has 0 aromatic heterocycles. The second kappa shape index (κ2) is 16.7. The zero-order valence-electron chi connectivity index (χ0n) is 28.2. The van der Waals surface area contributed by atoms with Crippen LogP contribution in [0.15, 0.2) is 102 Å². The molecule has 3 atom stereocenters. The Balaban J connectivity index is 1.15. The molecule has 0 spiro atoms. The van der Waals surface area contributed by atoms with Gasteiger partial charge in [0.05, 0.1) is 18.8 Å². The molecule has 1 fully saturated rings. The highest BCUT2D eigenvalue weighted by molar-refractivity contribution is 7.99.